The second-order valence-electron chi connectivity index (χ2n) is 5.72. The topological polar surface area (TPSA) is 32.8 Å². The van der Waals surface area contributed by atoms with Crippen molar-refractivity contribution in [2.45, 2.75) is 33.8 Å². The molecule has 0 spiro atoms. The smallest absolute Gasteiger partial charge is 0.263 e. The van der Waals surface area contributed by atoms with Crippen LogP contribution < -0.4 is 4.74 Å². The Morgan fingerprint density at radius 3 is 2.52 bits per heavy atom. The first kappa shape index (κ1) is 15.8. The van der Waals surface area contributed by atoms with E-state index in [-0.39, 0.29) is 5.91 Å². The summed E-state index contributed by atoms with van der Waals surface area (Å²) in [5.74, 6) is 0.898. The fourth-order valence-corrected chi connectivity index (χ4v) is 2.63. The van der Waals surface area contributed by atoms with Gasteiger partial charge in [-0.15, -0.1) is 0 Å². The van der Waals surface area contributed by atoms with Gasteiger partial charge in [0, 0.05) is 26.2 Å². The SMILES string of the molecule is CCN1CCN(C(=O)[C@@H](C)Oc2cccc(C)c2C)CC1. The number of likely N-dealkylation sites (N-methyl/N-ethyl adjacent to an activating group) is 1. The normalized spacial score (nSPS) is 17.6. The molecule has 0 aromatic heterocycles. The number of hydrogen-bond donors (Lipinski definition) is 0. The lowest BCUT2D eigenvalue weighted by molar-refractivity contribution is -0.139. The summed E-state index contributed by atoms with van der Waals surface area (Å²) in [5.41, 5.74) is 2.29. The second kappa shape index (κ2) is 6.94. The highest BCUT2D eigenvalue weighted by Gasteiger charge is 2.25. The highest BCUT2D eigenvalue weighted by Crippen LogP contribution is 2.22. The van der Waals surface area contributed by atoms with Gasteiger partial charge in [-0.3, -0.25) is 4.79 Å². The average molecular weight is 290 g/mol. The maximum absolute atomic E-state index is 12.5. The zero-order valence-corrected chi connectivity index (χ0v) is 13.6. The molecule has 1 saturated heterocycles. The maximum atomic E-state index is 12.5. The van der Waals surface area contributed by atoms with E-state index in [2.05, 4.69) is 24.8 Å². The number of aryl methyl sites for hydroxylation is 1. The van der Waals surface area contributed by atoms with Gasteiger partial charge >= 0.3 is 0 Å². The molecule has 116 valence electrons. The molecular weight excluding hydrogens is 264 g/mol. The summed E-state index contributed by atoms with van der Waals surface area (Å²) in [6.45, 7) is 12.6. The molecular formula is C17H26N2O2. The Kier molecular flexibility index (Phi) is 5.23. The molecule has 1 aliphatic heterocycles. The van der Waals surface area contributed by atoms with Crippen LogP contribution in [0.3, 0.4) is 0 Å². The minimum absolute atomic E-state index is 0.0895. The van der Waals surface area contributed by atoms with Crippen LogP contribution in [-0.2, 0) is 4.79 Å². The van der Waals surface area contributed by atoms with E-state index in [1.54, 1.807) is 0 Å². The van der Waals surface area contributed by atoms with Crippen molar-refractivity contribution in [3.8, 4) is 5.75 Å². The predicted molar refractivity (Wildman–Crippen MR) is 84.7 cm³/mol. The first-order valence-corrected chi connectivity index (χ1v) is 7.77. The van der Waals surface area contributed by atoms with Gasteiger partial charge in [0.05, 0.1) is 0 Å². The Morgan fingerprint density at radius 1 is 1.24 bits per heavy atom. The van der Waals surface area contributed by atoms with Crippen LogP contribution in [0.25, 0.3) is 0 Å². The van der Waals surface area contributed by atoms with Crippen molar-refractivity contribution in [2.75, 3.05) is 32.7 Å². The van der Waals surface area contributed by atoms with Gasteiger partial charge in [0.25, 0.3) is 5.91 Å². The molecule has 0 aliphatic carbocycles. The van der Waals surface area contributed by atoms with Crippen LogP contribution >= 0.6 is 0 Å². The Bertz CT molecular complexity index is 494. The molecule has 1 aromatic rings. The number of nitrogens with zero attached hydrogens (tertiary/aromatic N) is 2. The van der Waals surface area contributed by atoms with Gasteiger partial charge in [-0.1, -0.05) is 19.1 Å². The summed E-state index contributed by atoms with van der Waals surface area (Å²) in [4.78, 5) is 16.8. The Labute approximate surface area is 127 Å². The minimum Gasteiger partial charge on any atom is -0.481 e. The molecule has 0 N–H and O–H groups in total. The number of carbonyl (C=O) groups is 1. The number of amides is 1. The van der Waals surface area contributed by atoms with E-state index in [0.29, 0.717) is 0 Å². The molecule has 4 nitrogen and oxygen atoms in total. The van der Waals surface area contributed by atoms with Crippen molar-refractivity contribution >= 4 is 5.91 Å². The van der Waals surface area contributed by atoms with Gasteiger partial charge in [0.15, 0.2) is 6.10 Å². The number of benzene rings is 1. The third kappa shape index (κ3) is 3.76. The van der Waals surface area contributed by atoms with E-state index in [1.807, 2.05) is 30.9 Å². The number of piperazine rings is 1. The molecule has 0 bridgehead atoms. The van der Waals surface area contributed by atoms with Crippen molar-refractivity contribution in [1.82, 2.24) is 9.80 Å². The highest BCUT2D eigenvalue weighted by molar-refractivity contribution is 5.81. The molecule has 1 aliphatic rings. The van der Waals surface area contributed by atoms with Crippen molar-refractivity contribution in [3.05, 3.63) is 29.3 Å². The lowest BCUT2D eigenvalue weighted by atomic mass is 10.1. The summed E-state index contributed by atoms with van der Waals surface area (Å²) in [7, 11) is 0. The van der Waals surface area contributed by atoms with Gasteiger partial charge in [-0.05, 0) is 44.5 Å². The summed E-state index contributed by atoms with van der Waals surface area (Å²) < 4.78 is 5.89. The monoisotopic (exact) mass is 290 g/mol. The summed E-state index contributed by atoms with van der Waals surface area (Å²) >= 11 is 0. The summed E-state index contributed by atoms with van der Waals surface area (Å²) in [6, 6.07) is 5.95. The Balaban J connectivity index is 1.95. The van der Waals surface area contributed by atoms with E-state index in [9.17, 15) is 4.79 Å². The Hall–Kier alpha value is -1.55. The minimum atomic E-state index is -0.432. The molecule has 1 fully saturated rings. The maximum Gasteiger partial charge on any atom is 0.263 e. The van der Waals surface area contributed by atoms with Gasteiger partial charge in [-0.25, -0.2) is 0 Å². The number of rotatable bonds is 4. The van der Waals surface area contributed by atoms with E-state index < -0.39 is 6.10 Å². The molecule has 21 heavy (non-hydrogen) atoms. The fourth-order valence-electron chi connectivity index (χ4n) is 2.63. The molecule has 1 aromatic carbocycles. The largest absolute Gasteiger partial charge is 0.481 e. The van der Waals surface area contributed by atoms with E-state index in [1.165, 1.54) is 5.56 Å². The van der Waals surface area contributed by atoms with E-state index >= 15 is 0 Å². The molecule has 0 unspecified atom stereocenters. The zero-order valence-electron chi connectivity index (χ0n) is 13.6. The van der Waals surface area contributed by atoms with Crippen LogP contribution in [0.5, 0.6) is 5.75 Å². The van der Waals surface area contributed by atoms with Crippen LogP contribution in [0.1, 0.15) is 25.0 Å². The van der Waals surface area contributed by atoms with Crippen LogP contribution in [0.2, 0.25) is 0 Å². The van der Waals surface area contributed by atoms with Gasteiger partial charge in [0.2, 0.25) is 0 Å². The first-order valence-electron chi connectivity index (χ1n) is 7.77. The predicted octanol–water partition coefficient (Wildman–Crippen LogP) is 2.23. The summed E-state index contributed by atoms with van der Waals surface area (Å²) in [6.07, 6.45) is -0.432. The lowest BCUT2D eigenvalue weighted by Gasteiger charge is -2.35. The van der Waals surface area contributed by atoms with Gasteiger partial charge in [-0.2, -0.15) is 0 Å². The number of ether oxygens (including phenoxy) is 1. The van der Waals surface area contributed by atoms with Crippen molar-refractivity contribution in [3.63, 3.8) is 0 Å². The fraction of sp³-hybridized carbons (Fsp3) is 0.588. The second-order valence-corrected chi connectivity index (χ2v) is 5.72. The molecule has 4 heteroatoms. The summed E-state index contributed by atoms with van der Waals surface area (Å²) in [5, 5.41) is 0. The average Bonchev–Trinajstić information content (AvgIpc) is 2.51. The lowest BCUT2D eigenvalue weighted by Crippen LogP contribution is -2.51. The van der Waals surface area contributed by atoms with Crippen molar-refractivity contribution in [2.24, 2.45) is 0 Å². The van der Waals surface area contributed by atoms with Crippen molar-refractivity contribution < 1.29 is 9.53 Å². The van der Waals surface area contributed by atoms with Crippen LogP contribution in [0.15, 0.2) is 18.2 Å². The first-order chi connectivity index (χ1) is 10.0. The molecule has 1 atom stereocenters. The van der Waals surface area contributed by atoms with Crippen LogP contribution in [0, 0.1) is 13.8 Å². The molecule has 1 heterocycles. The van der Waals surface area contributed by atoms with Crippen LogP contribution in [0.4, 0.5) is 0 Å². The molecule has 2 rings (SSSR count). The molecule has 0 radical (unpaired) electrons. The highest BCUT2D eigenvalue weighted by atomic mass is 16.5. The number of hydrogen-bond acceptors (Lipinski definition) is 3. The Morgan fingerprint density at radius 2 is 1.90 bits per heavy atom. The standard InChI is InChI=1S/C17H26N2O2/c1-5-18-9-11-19(12-10-18)17(20)15(4)21-16-8-6-7-13(2)14(16)3/h6-8,15H,5,9-12H2,1-4H3/t15-/m1/s1. The van der Waals surface area contributed by atoms with Crippen molar-refractivity contribution in [1.29, 1.82) is 0 Å². The van der Waals surface area contributed by atoms with E-state index in [0.717, 1.165) is 44.0 Å². The zero-order chi connectivity index (χ0) is 15.4. The molecule has 0 saturated carbocycles. The molecule has 1 amide bonds. The number of carbonyl (C=O) groups excluding carboxylic acids is 1. The van der Waals surface area contributed by atoms with Gasteiger partial charge in [0.1, 0.15) is 5.75 Å². The quantitative estimate of drug-likeness (QED) is 0.852. The third-order valence-electron chi connectivity index (χ3n) is 4.34. The van der Waals surface area contributed by atoms with E-state index in [4.69, 9.17) is 4.74 Å². The third-order valence-corrected chi connectivity index (χ3v) is 4.34. The van der Waals surface area contributed by atoms with Crippen LogP contribution in [-0.4, -0.2) is 54.5 Å². The van der Waals surface area contributed by atoms with Gasteiger partial charge < -0.3 is 14.5 Å².